The minimum absolute atomic E-state index is 0.0721. The third-order valence-electron chi connectivity index (χ3n) is 3.83. The molecule has 0 radical (unpaired) electrons. The highest BCUT2D eigenvalue weighted by molar-refractivity contribution is 5.40. The van der Waals surface area contributed by atoms with Crippen molar-refractivity contribution in [1.82, 2.24) is 0 Å². The molecule has 1 saturated carbocycles. The van der Waals surface area contributed by atoms with E-state index in [1.54, 1.807) is 13.2 Å². The van der Waals surface area contributed by atoms with Gasteiger partial charge in [0.15, 0.2) is 0 Å². The van der Waals surface area contributed by atoms with Crippen molar-refractivity contribution in [3.63, 3.8) is 0 Å². The maximum absolute atomic E-state index is 13.2. The van der Waals surface area contributed by atoms with Crippen LogP contribution in [0.2, 0.25) is 0 Å². The third kappa shape index (κ3) is 1.72. The molecule has 4 heteroatoms. The highest BCUT2D eigenvalue weighted by atomic mass is 19.1. The van der Waals surface area contributed by atoms with Crippen molar-refractivity contribution in [2.45, 2.75) is 37.0 Å². The van der Waals surface area contributed by atoms with Crippen molar-refractivity contribution in [3.8, 4) is 5.75 Å². The zero-order valence-corrected chi connectivity index (χ0v) is 9.78. The van der Waals surface area contributed by atoms with E-state index in [2.05, 4.69) is 0 Å². The van der Waals surface area contributed by atoms with Crippen LogP contribution < -0.4 is 10.5 Å². The number of halogens is 1. The van der Waals surface area contributed by atoms with Gasteiger partial charge in [0, 0.05) is 44.0 Å². The molecule has 17 heavy (non-hydrogen) atoms. The Bertz CT molecular complexity index is 443. The number of methoxy groups -OCH3 is 1. The van der Waals surface area contributed by atoms with E-state index in [1.165, 1.54) is 12.1 Å². The fourth-order valence-corrected chi connectivity index (χ4v) is 2.88. The Morgan fingerprint density at radius 2 is 2.18 bits per heavy atom. The van der Waals surface area contributed by atoms with E-state index in [0.717, 1.165) is 24.8 Å². The largest absolute Gasteiger partial charge is 0.487 e. The van der Waals surface area contributed by atoms with Crippen molar-refractivity contribution in [3.05, 3.63) is 29.6 Å². The number of rotatable bonds is 1. The quantitative estimate of drug-likeness (QED) is 0.814. The SMILES string of the molecule is COC1CC2(C1)CC(N)c1ccc(F)cc1O2. The van der Waals surface area contributed by atoms with Crippen LogP contribution in [0.25, 0.3) is 0 Å². The Morgan fingerprint density at radius 1 is 1.41 bits per heavy atom. The zero-order chi connectivity index (χ0) is 12.0. The van der Waals surface area contributed by atoms with Gasteiger partial charge in [-0.25, -0.2) is 4.39 Å². The smallest absolute Gasteiger partial charge is 0.127 e. The maximum Gasteiger partial charge on any atom is 0.127 e. The standard InChI is InChI=1S/C13H16FNO2/c1-16-9-5-13(6-9)7-11(15)10-3-2-8(14)4-12(10)17-13/h2-4,9,11H,5-7,15H2,1H3. The average Bonchev–Trinajstić information content (AvgIpc) is 2.24. The molecule has 1 atom stereocenters. The molecule has 1 aliphatic heterocycles. The van der Waals surface area contributed by atoms with Gasteiger partial charge in [-0.3, -0.25) is 0 Å². The van der Waals surface area contributed by atoms with E-state index in [-0.39, 0.29) is 23.6 Å². The lowest BCUT2D eigenvalue weighted by molar-refractivity contribution is -0.124. The predicted octanol–water partition coefficient (Wildman–Crippen LogP) is 2.16. The monoisotopic (exact) mass is 237 g/mol. The first-order chi connectivity index (χ1) is 8.12. The van der Waals surface area contributed by atoms with Gasteiger partial charge in [-0.05, 0) is 6.07 Å². The van der Waals surface area contributed by atoms with Crippen LogP contribution in [0.3, 0.4) is 0 Å². The summed E-state index contributed by atoms with van der Waals surface area (Å²) in [4.78, 5) is 0. The molecule has 0 amide bonds. The van der Waals surface area contributed by atoms with Crippen molar-refractivity contribution in [2.24, 2.45) is 5.73 Å². The fourth-order valence-electron chi connectivity index (χ4n) is 2.88. The molecule has 1 unspecified atom stereocenters. The van der Waals surface area contributed by atoms with Gasteiger partial charge in [0.05, 0.1) is 6.10 Å². The molecular formula is C13H16FNO2. The third-order valence-corrected chi connectivity index (χ3v) is 3.83. The van der Waals surface area contributed by atoms with E-state index in [1.807, 2.05) is 0 Å². The van der Waals surface area contributed by atoms with E-state index in [9.17, 15) is 4.39 Å². The van der Waals surface area contributed by atoms with E-state index < -0.39 is 0 Å². The van der Waals surface area contributed by atoms with Gasteiger partial charge in [0.2, 0.25) is 0 Å². The number of hydrogen-bond donors (Lipinski definition) is 1. The summed E-state index contributed by atoms with van der Waals surface area (Å²) >= 11 is 0. The lowest BCUT2D eigenvalue weighted by Crippen LogP contribution is -2.55. The minimum Gasteiger partial charge on any atom is -0.487 e. The number of hydrogen-bond acceptors (Lipinski definition) is 3. The van der Waals surface area contributed by atoms with Gasteiger partial charge >= 0.3 is 0 Å². The molecule has 1 aliphatic carbocycles. The van der Waals surface area contributed by atoms with E-state index >= 15 is 0 Å². The van der Waals surface area contributed by atoms with Crippen LogP contribution in [0, 0.1) is 5.82 Å². The lowest BCUT2D eigenvalue weighted by atomic mass is 9.71. The lowest BCUT2D eigenvalue weighted by Gasteiger charge is -2.50. The number of ether oxygens (including phenoxy) is 2. The molecule has 92 valence electrons. The highest BCUT2D eigenvalue weighted by Crippen LogP contribution is 2.48. The summed E-state index contributed by atoms with van der Waals surface area (Å²) in [7, 11) is 1.70. The van der Waals surface area contributed by atoms with E-state index in [0.29, 0.717) is 5.75 Å². The van der Waals surface area contributed by atoms with Gasteiger partial charge < -0.3 is 15.2 Å². The molecule has 3 rings (SSSR count). The van der Waals surface area contributed by atoms with Crippen LogP contribution in [0.4, 0.5) is 4.39 Å². The van der Waals surface area contributed by atoms with Crippen LogP contribution in [0.15, 0.2) is 18.2 Å². The van der Waals surface area contributed by atoms with Crippen molar-refractivity contribution < 1.29 is 13.9 Å². The second-order valence-corrected chi connectivity index (χ2v) is 5.04. The molecule has 1 aromatic rings. The van der Waals surface area contributed by atoms with Crippen LogP contribution in [0.5, 0.6) is 5.75 Å². The van der Waals surface area contributed by atoms with Crippen LogP contribution >= 0.6 is 0 Å². The Labute approximate surface area is 99.7 Å². The first-order valence-electron chi connectivity index (χ1n) is 5.89. The summed E-state index contributed by atoms with van der Waals surface area (Å²) < 4.78 is 24.4. The van der Waals surface area contributed by atoms with Gasteiger partial charge in [0.25, 0.3) is 0 Å². The number of nitrogens with two attached hydrogens (primary N) is 1. The van der Waals surface area contributed by atoms with E-state index in [4.69, 9.17) is 15.2 Å². The molecule has 1 fully saturated rings. The minimum atomic E-state index is -0.282. The number of fused-ring (bicyclic) bond motifs is 1. The van der Waals surface area contributed by atoms with Crippen molar-refractivity contribution >= 4 is 0 Å². The molecule has 0 aromatic heterocycles. The summed E-state index contributed by atoms with van der Waals surface area (Å²) in [6.45, 7) is 0. The first-order valence-corrected chi connectivity index (χ1v) is 5.89. The summed E-state index contributed by atoms with van der Waals surface area (Å²) in [5.41, 5.74) is 6.79. The molecule has 0 saturated heterocycles. The second-order valence-electron chi connectivity index (χ2n) is 5.04. The molecule has 1 aromatic carbocycles. The van der Waals surface area contributed by atoms with Gasteiger partial charge in [-0.1, -0.05) is 6.07 Å². The zero-order valence-electron chi connectivity index (χ0n) is 9.78. The van der Waals surface area contributed by atoms with Crippen LogP contribution in [0.1, 0.15) is 30.9 Å². The second kappa shape index (κ2) is 3.68. The number of benzene rings is 1. The summed E-state index contributed by atoms with van der Waals surface area (Å²) in [5, 5.41) is 0. The Balaban J connectivity index is 1.88. The van der Waals surface area contributed by atoms with Gasteiger partial charge in [-0.15, -0.1) is 0 Å². The molecule has 1 spiro atoms. The Hall–Kier alpha value is -1.13. The normalized spacial score (nSPS) is 35.0. The highest BCUT2D eigenvalue weighted by Gasteiger charge is 2.50. The van der Waals surface area contributed by atoms with Gasteiger partial charge in [-0.2, -0.15) is 0 Å². The maximum atomic E-state index is 13.2. The Kier molecular flexibility index (Phi) is 2.38. The predicted molar refractivity (Wildman–Crippen MR) is 61.3 cm³/mol. The topological polar surface area (TPSA) is 44.5 Å². The molecule has 2 aliphatic rings. The summed E-state index contributed by atoms with van der Waals surface area (Å²) in [5.74, 6) is 0.314. The van der Waals surface area contributed by atoms with Gasteiger partial charge in [0.1, 0.15) is 17.2 Å². The average molecular weight is 237 g/mol. The molecule has 0 bridgehead atoms. The molecule has 3 nitrogen and oxygen atoms in total. The van der Waals surface area contributed by atoms with Crippen LogP contribution in [-0.2, 0) is 4.74 Å². The molecule has 2 N–H and O–H groups in total. The van der Waals surface area contributed by atoms with Crippen molar-refractivity contribution in [2.75, 3.05) is 7.11 Å². The fraction of sp³-hybridized carbons (Fsp3) is 0.538. The summed E-state index contributed by atoms with van der Waals surface area (Å²) in [6.07, 6.45) is 2.71. The summed E-state index contributed by atoms with van der Waals surface area (Å²) in [6, 6.07) is 4.50. The van der Waals surface area contributed by atoms with Crippen LogP contribution in [-0.4, -0.2) is 18.8 Å². The Morgan fingerprint density at radius 3 is 2.88 bits per heavy atom. The molecule has 1 heterocycles. The van der Waals surface area contributed by atoms with Crippen molar-refractivity contribution in [1.29, 1.82) is 0 Å². The first kappa shape index (κ1) is 11.0. The molecular weight excluding hydrogens is 221 g/mol.